The smallest absolute Gasteiger partial charge is 0.303 e. The molecule has 0 aliphatic carbocycles. The van der Waals surface area contributed by atoms with E-state index < -0.39 is 5.97 Å². The van der Waals surface area contributed by atoms with Crippen molar-refractivity contribution in [1.29, 1.82) is 0 Å². The average molecular weight is 410 g/mol. The fraction of sp³-hybridized carbons (Fsp3) is 0.400. The van der Waals surface area contributed by atoms with Crippen molar-refractivity contribution >= 4 is 17.7 Å². The highest BCUT2D eigenvalue weighted by atomic mass is 16.4. The van der Waals surface area contributed by atoms with Gasteiger partial charge in [-0.3, -0.25) is 14.4 Å². The average Bonchev–Trinajstić information content (AvgIpc) is 2.77. The Kier molecular flexibility index (Phi) is 10.3. The molecule has 2 aromatic rings. The third-order valence-corrected chi connectivity index (χ3v) is 5.05. The number of carboxylic acids is 1. The van der Waals surface area contributed by atoms with Crippen LogP contribution in [-0.4, -0.2) is 29.3 Å². The fourth-order valence-corrected chi connectivity index (χ4v) is 3.30. The van der Waals surface area contributed by atoms with Gasteiger partial charge in [-0.1, -0.05) is 81.0 Å². The van der Waals surface area contributed by atoms with Gasteiger partial charge in [0.15, 0.2) is 5.78 Å². The topological polar surface area (TPSA) is 83.5 Å². The zero-order valence-corrected chi connectivity index (χ0v) is 17.4. The summed E-state index contributed by atoms with van der Waals surface area (Å²) in [5.74, 6) is -0.884. The SMILES string of the molecule is O=C(O)CCCCCCCCCCNC(=O)c1ccc(C(=O)c2ccccc2)cc1. The molecule has 0 atom stereocenters. The Morgan fingerprint density at radius 1 is 0.633 bits per heavy atom. The lowest BCUT2D eigenvalue weighted by atomic mass is 10.0. The lowest BCUT2D eigenvalue weighted by Crippen LogP contribution is -2.24. The first-order valence-electron chi connectivity index (χ1n) is 10.8. The number of carbonyl (C=O) groups excluding carboxylic acids is 2. The highest BCUT2D eigenvalue weighted by molar-refractivity contribution is 6.09. The summed E-state index contributed by atoms with van der Waals surface area (Å²) in [6.07, 6.45) is 8.54. The summed E-state index contributed by atoms with van der Waals surface area (Å²) in [5.41, 5.74) is 1.76. The number of rotatable bonds is 14. The number of nitrogens with one attached hydrogen (secondary N) is 1. The van der Waals surface area contributed by atoms with Crippen LogP contribution in [0.3, 0.4) is 0 Å². The molecule has 160 valence electrons. The first-order valence-corrected chi connectivity index (χ1v) is 10.8. The Hall–Kier alpha value is -2.95. The van der Waals surface area contributed by atoms with Crippen molar-refractivity contribution < 1.29 is 19.5 Å². The Labute approximate surface area is 178 Å². The molecule has 0 aliphatic heterocycles. The third kappa shape index (κ3) is 8.60. The minimum Gasteiger partial charge on any atom is -0.481 e. The first kappa shape index (κ1) is 23.3. The van der Waals surface area contributed by atoms with E-state index in [0.29, 0.717) is 23.2 Å². The monoisotopic (exact) mass is 409 g/mol. The molecule has 0 aromatic heterocycles. The molecule has 0 unspecified atom stereocenters. The maximum atomic E-state index is 12.4. The number of benzene rings is 2. The van der Waals surface area contributed by atoms with E-state index in [1.54, 1.807) is 36.4 Å². The Morgan fingerprint density at radius 3 is 1.73 bits per heavy atom. The minimum atomic E-state index is -0.714. The van der Waals surface area contributed by atoms with E-state index >= 15 is 0 Å². The van der Waals surface area contributed by atoms with Gasteiger partial charge < -0.3 is 10.4 Å². The van der Waals surface area contributed by atoms with Crippen molar-refractivity contribution in [3.8, 4) is 0 Å². The standard InChI is InChI=1S/C25H31NO4/c27-23(28)14-10-5-3-1-2-4-6-11-19-26-25(30)22-17-15-21(16-18-22)24(29)20-12-8-7-9-13-20/h7-9,12-13,15-18H,1-6,10-11,14,19H2,(H,26,30)(H,27,28). The number of carbonyl (C=O) groups is 3. The number of hydrogen-bond acceptors (Lipinski definition) is 3. The molecule has 1 amide bonds. The fourth-order valence-electron chi connectivity index (χ4n) is 3.30. The van der Waals surface area contributed by atoms with E-state index in [0.717, 1.165) is 51.4 Å². The Balaban J connectivity index is 1.58. The van der Waals surface area contributed by atoms with Gasteiger partial charge in [-0.25, -0.2) is 0 Å². The molecule has 2 rings (SSSR count). The predicted molar refractivity (Wildman–Crippen MR) is 118 cm³/mol. The highest BCUT2D eigenvalue weighted by Gasteiger charge is 2.10. The van der Waals surface area contributed by atoms with E-state index in [9.17, 15) is 14.4 Å². The van der Waals surface area contributed by atoms with Gasteiger partial charge in [-0.2, -0.15) is 0 Å². The summed E-state index contributed by atoms with van der Waals surface area (Å²) >= 11 is 0. The van der Waals surface area contributed by atoms with Crippen LogP contribution in [0, 0.1) is 0 Å². The van der Waals surface area contributed by atoms with Crippen LogP contribution in [0.25, 0.3) is 0 Å². The second kappa shape index (κ2) is 13.3. The van der Waals surface area contributed by atoms with E-state index in [1.807, 2.05) is 18.2 Å². The molecule has 0 spiro atoms. The van der Waals surface area contributed by atoms with Crippen LogP contribution < -0.4 is 5.32 Å². The second-order valence-corrected chi connectivity index (χ2v) is 7.50. The summed E-state index contributed by atoms with van der Waals surface area (Å²) < 4.78 is 0. The van der Waals surface area contributed by atoms with E-state index in [2.05, 4.69) is 5.32 Å². The van der Waals surface area contributed by atoms with Crippen LogP contribution >= 0.6 is 0 Å². The summed E-state index contributed by atoms with van der Waals surface area (Å²) in [4.78, 5) is 35.1. The lowest BCUT2D eigenvalue weighted by molar-refractivity contribution is -0.137. The van der Waals surface area contributed by atoms with Crippen LogP contribution in [0.1, 0.15) is 84.1 Å². The van der Waals surface area contributed by atoms with Crippen LogP contribution in [-0.2, 0) is 4.79 Å². The van der Waals surface area contributed by atoms with Gasteiger partial charge in [0.05, 0.1) is 0 Å². The van der Waals surface area contributed by atoms with Gasteiger partial charge in [-0.05, 0) is 25.0 Å². The van der Waals surface area contributed by atoms with Crippen molar-refractivity contribution in [1.82, 2.24) is 5.32 Å². The third-order valence-electron chi connectivity index (χ3n) is 5.05. The maximum Gasteiger partial charge on any atom is 0.303 e. The molecular weight excluding hydrogens is 378 g/mol. The minimum absolute atomic E-state index is 0.0514. The molecule has 0 radical (unpaired) electrons. The van der Waals surface area contributed by atoms with Crippen LogP contribution in [0.4, 0.5) is 0 Å². The number of carboxylic acid groups (broad SMARTS) is 1. The molecule has 0 saturated heterocycles. The molecule has 2 aromatic carbocycles. The number of hydrogen-bond donors (Lipinski definition) is 2. The van der Waals surface area contributed by atoms with Gasteiger partial charge in [0.1, 0.15) is 0 Å². The van der Waals surface area contributed by atoms with Crippen LogP contribution in [0.2, 0.25) is 0 Å². The number of aliphatic carboxylic acids is 1. The molecule has 2 N–H and O–H groups in total. The van der Waals surface area contributed by atoms with Gasteiger partial charge >= 0.3 is 5.97 Å². The van der Waals surface area contributed by atoms with E-state index in [-0.39, 0.29) is 18.1 Å². The number of ketones is 1. The molecule has 0 aliphatic rings. The van der Waals surface area contributed by atoms with Crippen LogP contribution in [0.15, 0.2) is 54.6 Å². The second-order valence-electron chi connectivity index (χ2n) is 7.50. The van der Waals surface area contributed by atoms with E-state index in [1.165, 1.54) is 0 Å². The zero-order chi connectivity index (χ0) is 21.6. The molecule has 0 fully saturated rings. The molecule has 5 heteroatoms. The van der Waals surface area contributed by atoms with Gasteiger partial charge in [0.2, 0.25) is 0 Å². The van der Waals surface area contributed by atoms with Crippen molar-refractivity contribution in [2.45, 2.75) is 57.8 Å². The normalized spacial score (nSPS) is 10.5. The predicted octanol–water partition coefficient (Wildman–Crippen LogP) is 5.24. The van der Waals surface area contributed by atoms with Crippen molar-refractivity contribution in [2.75, 3.05) is 6.54 Å². The molecule has 0 bridgehead atoms. The van der Waals surface area contributed by atoms with Crippen molar-refractivity contribution in [2.24, 2.45) is 0 Å². The van der Waals surface area contributed by atoms with Crippen LogP contribution in [0.5, 0.6) is 0 Å². The zero-order valence-electron chi connectivity index (χ0n) is 17.4. The summed E-state index contributed by atoms with van der Waals surface area (Å²) in [6, 6.07) is 15.9. The largest absolute Gasteiger partial charge is 0.481 e. The maximum absolute atomic E-state index is 12.4. The summed E-state index contributed by atoms with van der Waals surface area (Å²) in [6.45, 7) is 0.641. The number of unbranched alkanes of at least 4 members (excludes halogenated alkanes) is 7. The Morgan fingerprint density at radius 2 is 1.13 bits per heavy atom. The molecule has 0 heterocycles. The van der Waals surface area contributed by atoms with Gasteiger partial charge in [-0.15, -0.1) is 0 Å². The highest BCUT2D eigenvalue weighted by Crippen LogP contribution is 2.12. The lowest BCUT2D eigenvalue weighted by Gasteiger charge is -2.07. The summed E-state index contributed by atoms with van der Waals surface area (Å²) in [5, 5.41) is 11.5. The molecule has 0 saturated carbocycles. The molecular formula is C25H31NO4. The molecule has 30 heavy (non-hydrogen) atoms. The quantitative estimate of drug-likeness (QED) is 0.330. The van der Waals surface area contributed by atoms with Gasteiger partial charge in [0, 0.05) is 29.7 Å². The summed E-state index contributed by atoms with van der Waals surface area (Å²) in [7, 11) is 0. The molecule has 5 nitrogen and oxygen atoms in total. The Bertz CT molecular complexity index is 800. The van der Waals surface area contributed by atoms with Crippen molar-refractivity contribution in [3.05, 3.63) is 71.3 Å². The first-order chi connectivity index (χ1) is 14.6. The van der Waals surface area contributed by atoms with E-state index in [4.69, 9.17) is 5.11 Å². The van der Waals surface area contributed by atoms with Crippen molar-refractivity contribution in [3.63, 3.8) is 0 Å². The van der Waals surface area contributed by atoms with Gasteiger partial charge in [0.25, 0.3) is 5.91 Å². The number of amides is 1.